The van der Waals surface area contributed by atoms with Crippen LogP contribution in [-0.4, -0.2) is 17.6 Å². The molecule has 0 radical (unpaired) electrons. The van der Waals surface area contributed by atoms with Crippen LogP contribution < -0.4 is 16.4 Å². The van der Waals surface area contributed by atoms with Gasteiger partial charge in [-0.3, -0.25) is 4.90 Å². The van der Waals surface area contributed by atoms with Gasteiger partial charge < -0.3 is 11.5 Å². The molecule has 21 heavy (non-hydrogen) atoms. The average Bonchev–Trinajstić information content (AvgIpc) is 2.42. The van der Waals surface area contributed by atoms with E-state index in [0.717, 1.165) is 40.3 Å². The summed E-state index contributed by atoms with van der Waals surface area (Å²) >= 11 is 7.03. The number of rotatable bonds is 1. The average molecular weight is 415 g/mol. The number of nitrogens with two attached hydrogens (primary N) is 2. The molecule has 7 heteroatoms. The minimum absolute atomic E-state index is 0.279. The number of hydrogen-bond acceptors (Lipinski definition) is 5. The summed E-state index contributed by atoms with van der Waals surface area (Å²) in [5.74, 6) is 0.695. The van der Waals surface area contributed by atoms with Gasteiger partial charge in [0.1, 0.15) is 5.66 Å². The van der Waals surface area contributed by atoms with Crippen LogP contribution >= 0.6 is 31.9 Å². The van der Waals surface area contributed by atoms with E-state index in [0.29, 0.717) is 5.96 Å². The minimum atomic E-state index is -0.387. The molecule has 1 aromatic carbocycles. The zero-order valence-corrected chi connectivity index (χ0v) is 14.7. The normalized spacial score (nSPS) is 21.1. The third-order valence-corrected chi connectivity index (χ3v) is 5.89. The molecule has 3 rings (SSSR count). The van der Waals surface area contributed by atoms with Gasteiger partial charge >= 0.3 is 0 Å². The van der Waals surface area contributed by atoms with Crippen molar-refractivity contribution >= 4 is 49.5 Å². The Bertz CT molecular complexity index is 620. The molecule has 0 aromatic heterocycles. The fourth-order valence-electron chi connectivity index (χ4n) is 3.12. The van der Waals surface area contributed by atoms with Gasteiger partial charge in [0.25, 0.3) is 0 Å². The van der Waals surface area contributed by atoms with Gasteiger partial charge in [0.2, 0.25) is 11.9 Å². The summed E-state index contributed by atoms with van der Waals surface area (Å²) in [7, 11) is 0. The number of aliphatic imine (C=N–C) groups is 2. The molecule has 1 aromatic rings. The van der Waals surface area contributed by atoms with Gasteiger partial charge in [-0.1, -0.05) is 6.42 Å². The first-order valence-corrected chi connectivity index (χ1v) is 8.55. The van der Waals surface area contributed by atoms with Gasteiger partial charge in [0, 0.05) is 14.6 Å². The second-order valence-corrected chi connectivity index (χ2v) is 7.13. The molecule has 1 aliphatic heterocycles. The number of guanidine groups is 2. The number of hydrogen-bond donors (Lipinski definition) is 2. The van der Waals surface area contributed by atoms with Crippen molar-refractivity contribution in [3.8, 4) is 0 Å². The lowest BCUT2D eigenvalue weighted by molar-refractivity contribution is 0.305. The first-order chi connectivity index (χ1) is 10.0. The molecule has 5 nitrogen and oxygen atoms in total. The van der Waals surface area contributed by atoms with Crippen LogP contribution in [0.3, 0.4) is 0 Å². The van der Waals surface area contributed by atoms with Gasteiger partial charge in [-0.25, -0.2) is 4.99 Å². The molecule has 1 spiro atoms. The Labute approximate surface area is 140 Å². The zero-order chi connectivity index (χ0) is 15.0. The third kappa shape index (κ3) is 2.68. The van der Waals surface area contributed by atoms with Crippen LogP contribution in [0.25, 0.3) is 0 Å². The van der Waals surface area contributed by atoms with Crippen molar-refractivity contribution in [2.45, 2.75) is 37.8 Å². The summed E-state index contributed by atoms with van der Waals surface area (Å²) in [5.41, 5.74) is 12.6. The molecule has 0 atom stereocenters. The minimum Gasteiger partial charge on any atom is -0.369 e. The van der Waals surface area contributed by atoms with Crippen molar-refractivity contribution in [1.82, 2.24) is 0 Å². The van der Waals surface area contributed by atoms with E-state index in [1.165, 1.54) is 6.42 Å². The maximum atomic E-state index is 6.18. The van der Waals surface area contributed by atoms with Gasteiger partial charge in [-0.15, -0.1) is 0 Å². The smallest absolute Gasteiger partial charge is 0.220 e. The van der Waals surface area contributed by atoms with Crippen LogP contribution in [-0.2, 0) is 0 Å². The van der Waals surface area contributed by atoms with Crippen molar-refractivity contribution in [2.24, 2.45) is 21.5 Å². The lowest BCUT2D eigenvalue weighted by Gasteiger charge is -2.45. The van der Waals surface area contributed by atoms with E-state index in [9.17, 15) is 0 Å². The monoisotopic (exact) mass is 413 g/mol. The lowest BCUT2D eigenvalue weighted by Crippen LogP contribution is -2.58. The molecular weight excluding hydrogens is 398 g/mol. The summed E-state index contributed by atoms with van der Waals surface area (Å²) in [6.45, 7) is 0. The summed E-state index contributed by atoms with van der Waals surface area (Å²) < 4.78 is 1.97. The predicted molar refractivity (Wildman–Crippen MR) is 93.4 cm³/mol. The Kier molecular flexibility index (Phi) is 3.96. The number of anilines is 1. The number of nitrogens with zero attached hydrogens (tertiary/aromatic N) is 3. The molecule has 1 aliphatic carbocycles. The lowest BCUT2D eigenvalue weighted by atomic mass is 9.87. The van der Waals surface area contributed by atoms with Crippen LogP contribution in [0.5, 0.6) is 0 Å². The van der Waals surface area contributed by atoms with Gasteiger partial charge in [0.05, 0.1) is 0 Å². The Morgan fingerprint density at radius 3 is 2.43 bits per heavy atom. The van der Waals surface area contributed by atoms with Crippen molar-refractivity contribution < 1.29 is 0 Å². The van der Waals surface area contributed by atoms with E-state index in [4.69, 9.17) is 11.5 Å². The molecule has 1 fully saturated rings. The first-order valence-electron chi connectivity index (χ1n) is 6.97. The van der Waals surface area contributed by atoms with E-state index in [-0.39, 0.29) is 11.6 Å². The first kappa shape index (κ1) is 14.8. The molecule has 0 amide bonds. The number of benzene rings is 1. The van der Waals surface area contributed by atoms with Gasteiger partial charge in [-0.2, -0.15) is 4.99 Å². The van der Waals surface area contributed by atoms with Crippen molar-refractivity contribution in [3.05, 3.63) is 27.1 Å². The molecule has 112 valence electrons. The summed E-state index contributed by atoms with van der Waals surface area (Å²) in [4.78, 5) is 10.9. The highest BCUT2D eigenvalue weighted by Gasteiger charge is 2.42. The predicted octanol–water partition coefficient (Wildman–Crippen LogP) is 3.32. The fraction of sp³-hybridized carbons (Fsp3) is 0.429. The highest BCUT2D eigenvalue weighted by atomic mass is 79.9. The molecule has 2 aliphatic rings. The fourth-order valence-corrected chi connectivity index (χ4v) is 3.73. The van der Waals surface area contributed by atoms with Crippen LogP contribution in [0, 0.1) is 0 Å². The van der Waals surface area contributed by atoms with E-state index >= 15 is 0 Å². The molecular formula is C14H17Br2N5. The molecule has 0 unspecified atom stereocenters. The molecule has 1 heterocycles. The summed E-state index contributed by atoms with van der Waals surface area (Å²) in [6, 6.07) is 6.04. The molecule has 0 saturated heterocycles. The Morgan fingerprint density at radius 1 is 1.05 bits per heavy atom. The van der Waals surface area contributed by atoms with Crippen LogP contribution in [0.4, 0.5) is 5.69 Å². The Balaban J connectivity index is 2.08. The molecule has 0 bridgehead atoms. The van der Waals surface area contributed by atoms with Gasteiger partial charge in [-0.05, 0) is 75.7 Å². The Morgan fingerprint density at radius 2 is 1.76 bits per heavy atom. The molecule has 4 N–H and O–H groups in total. The Hall–Kier alpha value is -1.08. The van der Waals surface area contributed by atoms with E-state index < -0.39 is 0 Å². The highest BCUT2D eigenvalue weighted by molar-refractivity contribution is 9.13. The molecule has 1 saturated carbocycles. The van der Waals surface area contributed by atoms with E-state index in [2.05, 4.69) is 41.8 Å². The summed E-state index contributed by atoms with van der Waals surface area (Å²) in [6.07, 6.45) is 5.36. The third-order valence-electron chi connectivity index (χ3n) is 4.01. The van der Waals surface area contributed by atoms with Crippen LogP contribution in [0.2, 0.25) is 0 Å². The summed E-state index contributed by atoms with van der Waals surface area (Å²) in [5, 5.41) is 0. The second-order valence-electron chi connectivity index (χ2n) is 5.42. The van der Waals surface area contributed by atoms with Crippen molar-refractivity contribution in [2.75, 3.05) is 4.90 Å². The SMILES string of the molecule is NC1=NC2(CCCCC2)N(c2ccc(Br)c(Br)c2)C(N)=N1. The maximum Gasteiger partial charge on any atom is 0.220 e. The highest BCUT2D eigenvalue weighted by Crippen LogP contribution is 2.40. The van der Waals surface area contributed by atoms with Gasteiger partial charge in [0.15, 0.2) is 0 Å². The topological polar surface area (TPSA) is 80.0 Å². The van der Waals surface area contributed by atoms with E-state index in [1.54, 1.807) is 0 Å². The van der Waals surface area contributed by atoms with Crippen molar-refractivity contribution in [3.63, 3.8) is 0 Å². The second kappa shape index (κ2) is 5.61. The van der Waals surface area contributed by atoms with Crippen LogP contribution in [0.1, 0.15) is 32.1 Å². The van der Waals surface area contributed by atoms with Crippen LogP contribution in [0.15, 0.2) is 37.1 Å². The largest absolute Gasteiger partial charge is 0.369 e. The van der Waals surface area contributed by atoms with Crippen molar-refractivity contribution in [1.29, 1.82) is 0 Å². The maximum absolute atomic E-state index is 6.18. The quantitative estimate of drug-likeness (QED) is 0.739. The standard InChI is InChI=1S/C14H17Br2N5/c15-10-5-4-9(8-11(10)16)21-13(18)19-12(17)20-14(21)6-2-1-3-7-14/h4-5,8H,1-3,6-7H2,(H4,17,18,19,20). The zero-order valence-electron chi connectivity index (χ0n) is 11.5. The van der Waals surface area contributed by atoms with E-state index in [1.807, 2.05) is 23.1 Å². The number of halogens is 2.